The molecule has 0 saturated heterocycles. The van der Waals surface area contributed by atoms with Crippen molar-refractivity contribution < 1.29 is 22.7 Å². The summed E-state index contributed by atoms with van der Waals surface area (Å²) in [5.41, 5.74) is 2.48. The third-order valence-electron chi connectivity index (χ3n) is 5.10. The minimum absolute atomic E-state index is 0.0430. The van der Waals surface area contributed by atoms with Crippen LogP contribution >= 0.6 is 0 Å². The minimum atomic E-state index is -3.72. The van der Waals surface area contributed by atoms with Gasteiger partial charge >= 0.3 is 0 Å². The number of hydrogen-bond acceptors (Lipinski definition) is 5. The molecule has 0 unspecified atom stereocenters. The van der Waals surface area contributed by atoms with E-state index in [4.69, 9.17) is 9.47 Å². The van der Waals surface area contributed by atoms with E-state index in [2.05, 4.69) is 5.32 Å². The zero-order chi connectivity index (χ0) is 24.0. The fraction of sp³-hybridized carbons (Fsp3) is 0.240. The van der Waals surface area contributed by atoms with Crippen LogP contribution in [0.3, 0.4) is 0 Å². The molecule has 0 fully saturated rings. The Bertz CT molecular complexity index is 1220. The van der Waals surface area contributed by atoms with E-state index in [1.807, 2.05) is 19.9 Å². The molecule has 174 valence electrons. The standard InChI is InChI=1S/C25H28N2O5S/c1-5-32-23-15-12-19(25(28)26-22-8-6-7-9-24(22)31-4)16-20(23)17-27(3)33(29,30)21-13-10-18(2)11-14-21/h6-16H,5,17H2,1-4H3,(H,26,28). The van der Waals surface area contributed by atoms with Crippen molar-refractivity contribution in [3.8, 4) is 11.5 Å². The summed E-state index contributed by atoms with van der Waals surface area (Å²) in [6.45, 7) is 4.20. The number of anilines is 1. The summed E-state index contributed by atoms with van der Waals surface area (Å²) in [4.78, 5) is 13.1. The second-order valence-corrected chi connectivity index (χ2v) is 9.53. The van der Waals surface area contributed by atoms with Crippen LogP contribution in [0.1, 0.15) is 28.4 Å². The van der Waals surface area contributed by atoms with Gasteiger partial charge in [-0.15, -0.1) is 0 Å². The molecule has 3 aromatic carbocycles. The summed E-state index contributed by atoms with van der Waals surface area (Å²) in [5.74, 6) is 0.728. The van der Waals surface area contributed by atoms with Crippen LogP contribution in [0.15, 0.2) is 71.6 Å². The van der Waals surface area contributed by atoms with Crippen LogP contribution in [-0.4, -0.2) is 39.4 Å². The van der Waals surface area contributed by atoms with Crippen molar-refractivity contribution in [1.82, 2.24) is 4.31 Å². The molecular formula is C25H28N2O5S. The van der Waals surface area contributed by atoms with E-state index < -0.39 is 10.0 Å². The monoisotopic (exact) mass is 468 g/mol. The number of hydrogen-bond donors (Lipinski definition) is 1. The summed E-state index contributed by atoms with van der Waals surface area (Å²) in [6.07, 6.45) is 0. The zero-order valence-electron chi connectivity index (χ0n) is 19.2. The maximum absolute atomic E-state index is 13.0. The molecule has 0 aliphatic rings. The predicted octanol–water partition coefficient (Wildman–Crippen LogP) is 4.48. The second-order valence-electron chi connectivity index (χ2n) is 7.48. The van der Waals surface area contributed by atoms with Crippen molar-refractivity contribution >= 4 is 21.6 Å². The Morgan fingerprint density at radius 3 is 2.36 bits per heavy atom. The first-order valence-corrected chi connectivity index (χ1v) is 11.9. The molecule has 0 atom stereocenters. The highest BCUT2D eigenvalue weighted by atomic mass is 32.2. The van der Waals surface area contributed by atoms with Crippen molar-refractivity contribution in [3.63, 3.8) is 0 Å². The maximum atomic E-state index is 13.0. The van der Waals surface area contributed by atoms with Crippen LogP contribution in [0.25, 0.3) is 0 Å². The molecular weight excluding hydrogens is 440 g/mol. The SMILES string of the molecule is CCOc1ccc(C(=O)Nc2ccccc2OC)cc1CN(C)S(=O)(=O)c1ccc(C)cc1. The average Bonchev–Trinajstić information content (AvgIpc) is 2.80. The van der Waals surface area contributed by atoms with Gasteiger partial charge in [-0.1, -0.05) is 29.8 Å². The Hall–Kier alpha value is -3.36. The summed E-state index contributed by atoms with van der Waals surface area (Å²) >= 11 is 0. The fourth-order valence-electron chi connectivity index (χ4n) is 3.30. The quantitative estimate of drug-likeness (QED) is 0.501. The van der Waals surface area contributed by atoms with E-state index in [1.54, 1.807) is 60.7 Å². The molecule has 0 aliphatic carbocycles. The zero-order valence-corrected chi connectivity index (χ0v) is 20.0. The van der Waals surface area contributed by atoms with Gasteiger partial charge in [0.05, 0.1) is 24.3 Å². The molecule has 3 aromatic rings. The van der Waals surface area contributed by atoms with Gasteiger partial charge in [0.1, 0.15) is 11.5 Å². The van der Waals surface area contributed by atoms with E-state index in [9.17, 15) is 13.2 Å². The lowest BCUT2D eigenvalue weighted by molar-refractivity contribution is 0.102. The van der Waals surface area contributed by atoms with Gasteiger partial charge in [-0.25, -0.2) is 8.42 Å². The van der Waals surface area contributed by atoms with Crippen molar-refractivity contribution in [1.29, 1.82) is 0 Å². The van der Waals surface area contributed by atoms with E-state index in [0.29, 0.717) is 34.9 Å². The van der Waals surface area contributed by atoms with Gasteiger partial charge in [0.25, 0.3) is 5.91 Å². The molecule has 1 amide bonds. The molecule has 8 heteroatoms. The predicted molar refractivity (Wildman–Crippen MR) is 128 cm³/mol. The van der Waals surface area contributed by atoms with Gasteiger partial charge in [-0.2, -0.15) is 4.31 Å². The molecule has 0 spiro atoms. The molecule has 0 aromatic heterocycles. The van der Waals surface area contributed by atoms with Gasteiger partial charge in [0, 0.05) is 24.7 Å². The van der Waals surface area contributed by atoms with E-state index >= 15 is 0 Å². The number of nitrogens with zero attached hydrogens (tertiary/aromatic N) is 1. The Balaban J connectivity index is 1.88. The molecule has 0 radical (unpaired) electrons. The maximum Gasteiger partial charge on any atom is 0.255 e. The van der Waals surface area contributed by atoms with Crippen molar-refractivity contribution in [2.75, 3.05) is 26.1 Å². The highest BCUT2D eigenvalue weighted by molar-refractivity contribution is 7.89. The number of benzene rings is 3. The fourth-order valence-corrected chi connectivity index (χ4v) is 4.45. The lowest BCUT2D eigenvalue weighted by Gasteiger charge is -2.20. The first-order valence-electron chi connectivity index (χ1n) is 10.5. The van der Waals surface area contributed by atoms with Crippen LogP contribution in [-0.2, 0) is 16.6 Å². The van der Waals surface area contributed by atoms with Crippen molar-refractivity contribution in [3.05, 3.63) is 83.4 Å². The number of amides is 1. The summed E-state index contributed by atoms with van der Waals surface area (Å²) in [7, 11) is -0.677. The summed E-state index contributed by atoms with van der Waals surface area (Å²) in [6, 6.07) is 18.8. The molecule has 0 bridgehead atoms. The lowest BCUT2D eigenvalue weighted by atomic mass is 10.1. The van der Waals surface area contributed by atoms with Gasteiger partial charge in [0.2, 0.25) is 10.0 Å². The average molecular weight is 469 g/mol. The third-order valence-corrected chi connectivity index (χ3v) is 6.92. The summed E-state index contributed by atoms with van der Waals surface area (Å²) < 4.78 is 38.3. The Kier molecular flexibility index (Phi) is 7.73. The number of sulfonamides is 1. The molecule has 0 heterocycles. The number of para-hydroxylation sites is 2. The smallest absolute Gasteiger partial charge is 0.255 e. The molecule has 33 heavy (non-hydrogen) atoms. The number of carbonyl (C=O) groups excluding carboxylic acids is 1. The van der Waals surface area contributed by atoms with Gasteiger partial charge in [0.15, 0.2) is 0 Å². The Labute approximate surface area is 195 Å². The molecule has 3 rings (SSSR count). The molecule has 0 aliphatic heterocycles. The number of methoxy groups -OCH3 is 1. The second kappa shape index (κ2) is 10.5. The molecule has 0 saturated carbocycles. The van der Waals surface area contributed by atoms with Crippen LogP contribution in [0.2, 0.25) is 0 Å². The largest absolute Gasteiger partial charge is 0.495 e. The first-order chi connectivity index (χ1) is 15.8. The Morgan fingerprint density at radius 2 is 1.70 bits per heavy atom. The van der Waals surface area contributed by atoms with Crippen LogP contribution < -0.4 is 14.8 Å². The van der Waals surface area contributed by atoms with Gasteiger partial charge in [-0.3, -0.25) is 4.79 Å². The van der Waals surface area contributed by atoms with E-state index in [1.165, 1.54) is 18.5 Å². The number of carbonyl (C=O) groups is 1. The highest BCUT2D eigenvalue weighted by Gasteiger charge is 2.23. The van der Waals surface area contributed by atoms with Crippen LogP contribution in [0.4, 0.5) is 5.69 Å². The van der Waals surface area contributed by atoms with E-state index in [0.717, 1.165) is 5.56 Å². The van der Waals surface area contributed by atoms with Gasteiger partial charge in [-0.05, 0) is 56.3 Å². The first kappa shape index (κ1) is 24.3. The summed E-state index contributed by atoms with van der Waals surface area (Å²) in [5, 5.41) is 2.83. The normalized spacial score (nSPS) is 11.3. The number of aryl methyl sites for hydroxylation is 1. The number of ether oxygens (including phenoxy) is 2. The van der Waals surface area contributed by atoms with E-state index in [-0.39, 0.29) is 17.3 Å². The van der Waals surface area contributed by atoms with Crippen LogP contribution in [0, 0.1) is 6.92 Å². The third kappa shape index (κ3) is 5.71. The molecule has 7 nitrogen and oxygen atoms in total. The highest BCUT2D eigenvalue weighted by Crippen LogP contribution is 2.27. The topological polar surface area (TPSA) is 84.9 Å². The number of rotatable bonds is 9. The minimum Gasteiger partial charge on any atom is -0.495 e. The van der Waals surface area contributed by atoms with Gasteiger partial charge < -0.3 is 14.8 Å². The molecule has 1 N–H and O–H groups in total. The van der Waals surface area contributed by atoms with Crippen molar-refractivity contribution in [2.24, 2.45) is 0 Å². The lowest BCUT2D eigenvalue weighted by Crippen LogP contribution is -2.27. The van der Waals surface area contributed by atoms with Crippen molar-refractivity contribution in [2.45, 2.75) is 25.3 Å². The Morgan fingerprint density at radius 1 is 1.00 bits per heavy atom. The number of nitrogens with one attached hydrogen (secondary N) is 1. The van der Waals surface area contributed by atoms with Crippen LogP contribution in [0.5, 0.6) is 11.5 Å².